The lowest BCUT2D eigenvalue weighted by atomic mass is 10.2. The van der Waals surface area contributed by atoms with Gasteiger partial charge in [-0.25, -0.2) is 4.98 Å². The number of pyridine rings is 1. The average Bonchev–Trinajstić information content (AvgIpc) is 2.48. The molecule has 2 rings (SSSR count). The van der Waals surface area contributed by atoms with Crippen LogP contribution < -0.4 is 10.2 Å². The van der Waals surface area contributed by atoms with Crippen molar-refractivity contribution in [2.24, 2.45) is 0 Å². The van der Waals surface area contributed by atoms with Gasteiger partial charge in [-0.3, -0.25) is 0 Å². The highest BCUT2D eigenvalue weighted by atomic mass is 35.5. The lowest BCUT2D eigenvalue weighted by Crippen LogP contribution is -2.18. The summed E-state index contributed by atoms with van der Waals surface area (Å²) in [6.07, 6.45) is 1.89. The van der Waals surface area contributed by atoms with Crippen LogP contribution in [0.4, 0.5) is 11.5 Å². The van der Waals surface area contributed by atoms with Crippen molar-refractivity contribution in [3.63, 3.8) is 0 Å². The molecule has 0 bridgehead atoms. The molecule has 4 heteroatoms. The van der Waals surface area contributed by atoms with E-state index in [0.29, 0.717) is 5.02 Å². The molecule has 0 aliphatic rings. The maximum Gasteiger partial charge on any atom is 0.151 e. The highest BCUT2D eigenvalue weighted by molar-refractivity contribution is 6.33. The van der Waals surface area contributed by atoms with E-state index in [0.717, 1.165) is 36.7 Å². The van der Waals surface area contributed by atoms with E-state index in [-0.39, 0.29) is 0 Å². The van der Waals surface area contributed by atoms with E-state index in [2.05, 4.69) is 60.2 Å². The molecule has 0 radical (unpaired) electrons. The molecule has 0 aliphatic carbocycles. The lowest BCUT2D eigenvalue weighted by molar-refractivity contribution is 0.724. The first-order valence-corrected chi connectivity index (χ1v) is 7.72. The summed E-state index contributed by atoms with van der Waals surface area (Å²) in [5.74, 6) is 0.810. The van der Waals surface area contributed by atoms with Gasteiger partial charge in [-0.05, 0) is 49.7 Å². The molecule has 1 aromatic carbocycles. The molecule has 21 heavy (non-hydrogen) atoms. The summed E-state index contributed by atoms with van der Waals surface area (Å²) in [5.41, 5.74) is 3.45. The summed E-state index contributed by atoms with van der Waals surface area (Å²) in [7, 11) is 0. The van der Waals surface area contributed by atoms with Crippen LogP contribution >= 0.6 is 11.6 Å². The van der Waals surface area contributed by atoms with Crippen molar-refractivity contribution in [1.82, 2.24) is 10.3 Å². The van der Waals surface area contributed by atoms with Gasteiger partial charge in [0.1, 0.15) is 0 Å². The normalized spacial score (nSPS) is 10.7. The zero-order valence-corrected chi connectivity index (χ0v) is 13.6. The van der Waals surface area contributed by atoms with E-state index in [1.54, 1.807) is 0 Å². The first-order valence-electron chi connectivity index (χ1n) is 7.35. The van der Waals surface area contributed by atoms with E-state index in [9.17, 15) is 0 Å². The number of aryl methyl sites for hydroxylation is 1. The Bertz CT molecular complexity index is 598. The Morgan fingerprint density at radius 2 is 2.05 bits per heavy atom. The molecular formula is C17H22ClN3. The predicted molar refractivity (Wildman–Crippen MR) is 90.5 cm³/mol. The Balaban J connectivity index is 2.30. The molecule has 0 saturated carbocycles. The summed E-state index contributed by atoms with van der Waals surface area (Å²) in [6, 6.07) is 10.4. The minimum Gasteiger partial charge on any atom is -0.325 e. The molecule has 1 N–H and O–H groups in total. The van der Waals surface area contributed by atoms with Crippen LogP contribution in [0.3, 0.4) is 0 Å². The second-order valence-corrected chi connectivity index (χ2v) is 5.42. The van der Waals surface area contributed by atoms with Gasteiger partial charge in [-0.15, -0.1) is 0 Å². The molecular weight excluding hydrogens is 282 g/mol. The van der Waals surface area contributed by atoms with Crippen molar-refractivity contribution in [2.45, 2.75) is 27.3 Å². The third kappa shape index (κ3) is 3.96. The minimum atomic E-state index is 0.689. The van der Waals surface area contributed by atoms with Gasteiger partial charge in [0.2, 0.25) is 0 Å². The highest BCUT2D eigenvalue weighted by Gasteiger charge is 2.13. The van der Waals surface area contributed by atoms with E-state index in [1.807, 2.05) is 12.3 Å². The summed E-state index contributed by atoms with van der Waals surface area (Å²) in [4.78, 5) is 6.69. The topological polar surface area (TPSA) is 28.2 Å². The number of hydrogen-bond donors (Lipinski definition) is 1. The fourth-order valence-corrected chi connectivity index (χ4v) is 2.58. The fraction of sp³-hybridized carbons (Fsp3) is 0.353. The first kappa shape index (κ1) is 15.8. The number of nitrogens with zero attached hydrogens (tertiary/aromatic N) is 2. The predicted octanol–water partition coefficient (Wildman–Crippen LogP) is 4.31. The number of anilines is 2. The monoisotopic (exact) mass is 303 g/mol. The van der Waals surface area contributed by atoms with Crippen molar-refractivity contribution in [1.29, 1.82) is 0 Å². The Hall–Kier alpha value is -1.58. The second kappa shape index (κ2) is 7.43. The summed E-state index contributed by atoms with van der Waals surface area (Å²) in [5, 5.41) is 3.97. The molecule has 0 amide bonds. The molecule has 0 fully saturated rings. The van der Waals surface area contributed by atoms with Crippen LogP contribution in [0.5, 0.6) is 0 Å². The van der Waals surface area contributed by atoms with Crippen LogP contribution in [-0.4, -0.2) is 18.1 Å². The Morgan fingerprint density at radius 1 is 1.24 bits per heavy atom. The van der Waals surface area contributed by atoms with Crippen molar-refractivity contribution in [3.05, 3.63) is 52.7 Å². The van der Waals surface area contributed by atoms with Gasteiger partial charge in [-0.2, -0.15) is 0 Å². The van der Waals surface area contributed by atoms with E-state index in [4.69, 9.17) is 11.6 Å². The van der Waals surface area contributed by atoms with Crippen LogP contribution in [-0.2, 0) is 6.54 Å². The van der Waals surface area contributed by atoms with Gasteiger partial charge in [-0.1, -0.05) is 30.7 Å². The molecule has 1 aromatic heterocycles. The van der Waals surface area contributed by atoms with Crippen LogP contribution in [0.2, 0.25) is 5.02 Å². The molecule has 0 atom stereocenters. The van der Waals surface area contributed by atoms with Crippen LogP contribution in [0.15, 0.2) is 36.5 Å². The zero-order valence-electron chi connectivity index (χ0n) is 12.9. The Kier molecular flexibility index (Phi) is 5.59. The third-order valence-corrected chi connectivity index (χ3v) is 3.62. The SMILES string of the molecule is CCNCc1cnc(N(CC)c2cccc(C)c2)c(Cl)c1. The second-order valence-electron chi connectivity index (χ2n) is 5.01. The Morgan fingerprint density at radius 3 is 2.67 bits per heavy atom. The number of rotatable bonds is 6. The van der Waals surface area contributed by atoms with Gasteiger partial charge in [0.05, 0.1) is 5.02 Å². The third-order valence-electron chi connectivity index (χ3n) is 3.34. The number of benzene rings is 1. The van der Waals surface area contributed by atoms with Crippen molar-refractivity contribution >= 4 is 23.1 Å². The largest absolute Gasteiger partial charge is 0.325 e. The molecule has 3 nitrogen and oxygen atoms in total. The minimum absolute atomic E-state index is 0.689. The van der Waals surface area contributed by atoms with Crippen molar-refractivity contribution in [2.75, 3.05) is 18.0 Å². The maximum absolute atomic E-state index is 6.44. The molecule has 0 unspecified atom stereocenters. The smallest absolute Gasteiger partial charge is 0.151 e. The number of hydrogen-bond acceptors (Lipinski definition) is 3. The van der Waals surface area contributed by atoms with Gasteiger partial charge in [0.15, 0.2) is 5.82 Å². The molecule has 112 valence electrons. The molecule has 0 saturated heterocycles. The fourth-order valence-electron chi connectivity index (χ4n) is 2.29. The molecule has 1 heterocycles. The van der Waals surface area contributed by atoms with Crippen LogP contribution in [0, 0.1) is 6.92 Å². The number of aromatic nitrogens is 1. The molecule has 0 spiro atoms. The van der Waals surface area contributed by atoms with Gasteiger partial charge < -0.3 is 10.2 Å². The average molecular weight is 304 g/mol. The number of nitrogens with one attached hydrogen (secondary N) is 1. The molecule has 0 aliphatic heterocycles. The van der Waals surface area contributed by atoms with E-state index < -0.39 is 0 Å². The first-order chi connectivity index (χ1) is 10.2. The molecule has 2 aromatic rings. The maximum atomic E-state index is 6.44. The quantitative estimate of drug-likeness (QED) is 0.862. The standard InChI is InChI=1S/C17H22ClN3/c1-4-19-11-14-10-16(18)17(20-12-14)21(5-2)15-8-6-7-13(3)9-15/h6-10,12,19H,4-5,11H2,1-3H3. The lowest BCUT2D eigenvalue weighted by Gasteiger charge is -2.23. The summed E-state index contributed by atoms with van der Waals surface area (Å²) in [6.45, 7) is 8.82. The van der Waals surface area contributed by atoms with Crippen LogP contribution in [0.25, 0.3) is 0 Å². The van der Waals surface area contributed by atoms with Crippen molar-refractivity contribution in [3.8, 4) is 0 Å². The number of halogens is 1. The van der Waals surface area contributed by atoms with E-state index >= 15 is 0 Å². The van der Waals surface area contributed by atoms with E-state index in [1.165, 1.54) is 5.56 Å². The summed E-state index contributed by atoms with van der Waals surface area (Å²) >= 11 is 6.44. The van der Waals surface area contributed by atoms with Crippen LogP contribution in [0.1, 0.15) is 25.0 Å². The zero-order chi connectivity index (χ0) is 15.2. The van der Waals surface area contributed by atoms with Gasteiger partial charge in [0, 0.05) is 25.0 Å². The highest BCUT2D eigenvalue weighted by Crippen LogP contribution is 2.30. The van der Waals surface area contributed by atoms with Gasteiger partial charge in [0.25, 0.3) is 0 Å². The van der Waals surface area contributed by atoms with Gasteiger partial charge >= 0.3 is 0 Å². The summed E-state index contributed by atoms with van der Waals surface area (Å²) < 4.78 is 0. The Labute approximate surface area is 132 Å². The van der Waals surface area contributed by atoms with Crippen molar-refractivity contribution < 1.29 is 0 Å².